The van der Waals surface area contributed by atoms with E-state index in [4.69, 9.17) is 23.2 Å². The van der Waals surface area contributed by atoms with E-state index in [0.717, 1.165) is 18.9 Å². The average molecular weight is 493 g/mol. The van der Waals surface area contributed by atoms with Crippen LogP contribution in [0.25, 0.3) is 0 Å². The van der Waals surface area contributed by atoms with Gasteiger partial charge in [0.25, 0.3) is 0 Å². The van der Waals surface area contributed by atoms with E-state index in [1.54, 1.807) is 0 Å². The molecule has 33 heavy (non-hydrogen) atoms. The second-order valence-electron chi connectivity index (χ2n) is 9.73. The molecule has 2 aliphatic rings. The summed E-state index contributed by atoms with van der Waals surface area (Å²) < 4.78 is 30.7. The van der Waals surface area contributed by atoms with Crippen LogP contribution >= 0.6 is 23.2 Å². The van der Waals surface area contributed by atoms with Gasteiger partial charge < -0.3 is 5.11 Å². The van der Waals surface area contributed by atoms with Gasteiger partial charge in [0.15, 0.2) is 0 Å². The molecule has 1 saturated carbocycles. The minimum atomic E-state index is -1.71. The van der Waals surface area contributed by atoms with Crippen LogP contribution in [-0.4, -0.2) is 23.2 Å². The van der Waals surface area contributed by atoms with Gasteiger partial charge in [0.1, 0.15) is 23.1 Å². The minimum absolute atomic E-state index is 0.00776. The van der Waals surface area contributed by atoms with Crippen molar-refractivity contribution in [1.29, 1.82) is 5.26 Å². The lowest BCUT2D eigenvalue weighted by atomic mass is 9.62. The molecule has 0 radical (unpaired) electrons. The van der Waals surface area contributed by atoms with E-state index < -0.39 is 41.0 Å². The molecule has 4 atom stereocenters. The Morgan fingerprint density at radius 2 is 1.97 bits per heavy atom. The van der Waals surface area contributed by atoms with Gasteiger partial charge in [-0.25, -0.2) is 8.78 Å². The van der Waals surface area contributed by atoms with Crippen LogP contribution in [0.2, 0.25) is 10.0 Å². The third-order valence-corrected chi connectivity index (χ3v) is 7.84. The van der Waals surface area contributed by atoms with E-state index in [2.05, 4.69) is 25.2 Å². The zero-order chi connectivity index (χ0) is 24.1. The Hall–Kier alpha value is -2.20. The Bertz CT molecular complexity index is 1150. The predicted octanol–water partition coefficient (Wildman–Crippen LogP) is 6.07. The van der Waals surface area contributed by atoms with Gasteiger partial charge in [-0.15, -0.1) is 0 Å². The summed E-state index contributed by atoms with van der Waals surface area (Å²) in [6.45, 7) is 4.13. The van der Waals surface area contributed by atoms with Gasteiger partial charge in [-0.05, 0) is 54.4 Å². The maximum atomic E-state index is 15.4. The van der Waals surface area contributed by atoms with Crippen LogP contribution in [0.3, 0.4) is 0 Å². The summed E-state index contributed by atoms with van der Waals surface area (Å²) in [4.78, 5) is 12.4. The van der Waals surface area contributed by atoms with Crippen LogP contribution in [0, 0.1) is 34.3 Å². The third-order valence-electron chi connectivity index (χ3n) is 7.31. The molecule has 0 spiro atoms. The number of nitriles is 1. The van der Waals surface area contributed by atoms with Crippen LogP contribution in [0.15, 0.2) is 36.4 Å². The summed E-state index contributed by atoms with van der Waals surface area (Å²) in [6.07, 6.45) is 2.50. The van der Waals surface area contributed by atoms with Crippen LogP contribution in [0.1, 0.15) is 50.2 Å². The fourth-order valence-corrected chi connectivity index (χ4v) is 5.83. The van der Waals surface area contributed by atoms with Gasteiger partial charge in [-0.2, -0.15) is 5.26 Å². The molecule has 4 nitrogen and oxygen atoms in total. The number of hydrogen-bond acceptors (Lipinski definition) is 3. The Morgan fingerprint density at radius 3 is 2.55 bits per heavy atom. The van der Waals surface area contributed by atoms with Gasteiger partial charge in [0.05, 0.1) is 11.1 Å². The van der Waals surface area contributed by atoms with Gasteiger partial charge in [-0.3, -0.25) is 10.1 Å². The Morgan fingerprint density at radius 1 is 1.27 bits per heavy atom. The van der Waals surface area contributed by atoms with E-state index in [1.165, 1.54) is 30.3 Å². The van der Waals surface area contributed by atoms with Crippen molar-refractivity contribution in [2.75, 3.05) is 0 Å². The van der Waals surface area contributed by atoms with Gasteiger partial charge in [0.2, 0.25) is 0 Å². The highest BCUT2D eigenvalue weighted by Crippen LogP contribution is 2.55. The van der Waals surface area contributed by atoms with Crippen molar-refractivity contribution in [3.8, 4) is 6.07 Å². The monoisotopic (exact) mass is 492 g/mol. The number of carboxylic acid groups (broad SMARTS) is 1. The molecule has 174 valence electrons. The van der Waals surface area contributed by atoms with Crippen molar-refractivity contribution < 1.29 is 18.7 Å². The van der Waals surface area contributed by atoms with E-state index in [0.29, 0.717) is 12.3 Å². The Kier molecular flexibility index (Phi) is 6.20. The molecule has 0 bridgehead atoms. The number of carboxylic acids is 1. The number of halogens is 4. The van der Waals surface area contributed by atoms with Crippen molar-refractivity contribution in [2.24, 2.45) is 11.3 Å². The molecule has 0 unspecified atom stereocenters. The number of benzene rings is 2. The molecule has 0 aromatic heterocycles. The number of nitrogens with one attached hydrogen (secondary N) is 1. The standard InChI is InChI=1S/C25H24Cl2F2N2O2/c1-24(2,13-6-7-13)11-19-25(12-30,16-9-8-14(26)10-18(16)28)20(22(31-19)23(32)33)15-4-3-5-17(27)21(15)29/h3-5,8-10,13,19-20,22,31H,6-7,11H2,1-2H3,(H,32,33)/t19-,20-,22+,25-/m1/s1. The molecule has 0 amide bonds. The second-order valence-corrected chi connectivity index (χ2v) is 10.6. The van der Waals surface area contributed by atoms with Crippen LogP contribution in [0.4, 0.5) is 8.78 Å². The van der Waals surface area contributed by atoms with Crippen molar-refractivity contribution in [1.82, 2.24) is 5.32 Å². The lowest BCUT2D eigenvalue weighted by Gasteiger charge is -2.38. The largest absolute Gasteiger partial charge is 0.480 e. The van der Waals surface area contributed by atoms with E-state index in [-0.39, 0.29) is 26.6 Å². The van der Waals surface area contributed by atoms with Crippen LogP contribution in [0.5, 0.6) is 0 Å². The molecule has 1 aliphatic carbocycles. The second kappa shape index (κ2) is 8.54. The van der Waals surface area contributed by atoms with E-state index >= 15 is 8.78 Å². The third kappa shape index (κ3) is 4.01. The molecule has 1 aliphatic heterocycles. The molecule has 2 aromatic carbocycles. The molecule has 8 heteroatoms. The number of hydrogen-bond donors (Lipinski definition) is 2. The molecular formula is C25H24Cl2F2N2O2. The topological polar surface area (TPSA) is 73.1 Å². The first-order chi connectivity index (χ1) is 15.5. The normalized spacial score (nSPS) is 27.4. The summed E-state index contributed by atoms with van der Waals surface area (Å²) in [5.41, 5.74) is -1.99. The van der Waals surface area contributed by atoms with E-state index in [1.807, 2.05) is 0 Å². The Labute approximate surface area is 201 Å². The molecule has 2 N–H and O–H groups in total. The SMILES string of the molecule is CC(C)(C[C@H]1N[C@H](C(=O)O)[C@@H](c2cccc(Cl)c2F)[C@]1(C#N)c1ccc(Cl)cc1F)C1CC1. The van der Waals surface area contributed by atoms with Crippen molar-refractivity contribution in [3.63, 3.8) is 0 Å². The van der Waals surface area contributed by atoms with Crippen molar-refractivity contribution >= 4 is 29.2 Å². The lowest BCUT2D eigenvalue weighted by Crippen LogP contribution is -2.45. The smallest absolute Gasteiger partial charge is 0.321 e. The zero-order valence-electron chi connectivity index (χ0n) is 18.2. The number of carbonyl (C=O) groups is 1. The summed E-state index contributed by atoms with van der Waals surface area (Å²) in [5, 5.41) is 23.8. The molecule has 1 heterocycles. The highest BCUT2D eigenvalue weighted by Gasteiger charge is 2.62. The lowest BCUT2D eigenvalue weighted by molar-refractivity contribution is -0.139. The van der Waals surface area contributed by atoms with Crippen molar-refractivity contribution in [2.45, 2.75) is 56.5 Å². The molecular weight excluding hydrogens is 469 g/mol. The maximum absolute atomic E-state index is 15.4. The van der Waals surface area contributed by atoms with Crippen LogP contribution < -0.4 is 5.32 Å². The zero-order valence-corrected chi connectivity index (χ0v) is 19.7. The predicted molar refractivity (Wildman–Crippen MR) is 122 cm³/mol. The fraction of sp³-hybridized carbons (Fsp3) is 0.440. The van der Waals surface area contributed by atoms with E-state index in [9.17, 15) is 15.2 Å². The molecule has 1 saturated heterocycles. The Balaban J connectivity index is 1.99. The van der Waals surface area contributed by atoms with Gasteiger partial charge >= 0.3 is 5.97 Å². The number of aliphatic carboxylic acids is 1. The van der Waals surface area contributed by atoms with Gasteiger partial charge in [0, 0.05) is 22.5 Å². The highest BCUT2D eigenvalue weighted by atomic mass is 35.5. The quantitative estimate of drug-likeness (QED) is 0.513. The first-order valence-electron chi connectivity index (χ1n) is 10.8. The first-order valence-corrected chi connectivity index (χ1v) is 11.6. The highest BCUT2D eigenvalue weighted by molar-refractivity contribution is 6.31. The molecule has 2 fully saturated rings. The number of nitrogens with zero attached hydrogens (tertiary/aromatic N) is 1. The summed E-state index contributed by atoms with van der Waals surface area (Å²) >= 11 is 12.0. The molecule has 2 aromatic rings. The maximum Gasteiger partial charge on any atom is 0.321 e. The average Bonchev–Trinajstić information content (AvgIpc) is 3.55. The molecule has 4 rings (SSSR count). The minimum Gasteiger partial charge on any atom is -0.480 e. The summed E-state index contributed by atoms with van der Waals surface area (Å²) in [7, 11) is 0. The fourth-order valence-electron chi connectivity index (χ4n) is 5.49. The summed E-state index contributed by atoms with van der Waals surface area (Å²) in [6, 6.07) is 8.39. The van der Waals surface area contributed by atoms with Crippen molar-refractivity contribution in [3.05, 3.63) is 69.2 Å². The van der Waals surface area contributed by atoms with Gasteiger partial charge in [-0.1, -0.05) is 55.2 Å². The summed E-state index contributed by atoms with van der Waals surface area (Å²) in [5.74, 6) is -3.60. The number of rotatable bonds is 6. The first kappa shape index (κ1) is 23.9. The van der Waals surface area contributed by atoms with Crippen LogP contribution in [-0.2, 0) is 10.2 Å².